The Bertz CT molecular complexity index is 1090. The fourth-order valence-electron chi connectivity index (χ4n) is 2.77. The van der Waals surface area contributed by atoms with Gasteiger partial charge in [-0.25, -0.2) is 14.1 Å². The summed E-state index contributed by atoms with van der Waals surface area (Å²) >= 11 is 0. The van der Waals surface area contributed by atoms with Crippen molar-refractivity contribution < 1.29 is 13.7 Å². The second-order valence-electron chi connectivity index (χ2n) is 6.36. The van der Waals surface area contributed by atoms with E-state index in [4.69, 9.17) is 4.52 Å². The highest BCUT2D eigenvalue weighted by molar-refractivity contribution is 5.90. The minimum Gasteiger partial charge on any atom is -0.339 e. The van der Waals surface area contributed by atoms with E-state index in [0.717, 1.165) is 5.56 Å². The van der Waals surface area contributed by atoms with Crippen LogP contribution in [0.15, 0.2) is 65.7 Å². The van der Waals surface area contributed by atoms with E-state index in [1.807, 2.05) is 24.3 Å². The maximum absolute atomic E-state index is 13.0. The van der Waals surface area contributed by atoms with Crippen LogP contribution >= 0.6 is 0 Å². The van der Waals surface area contributed by atoms with E-state index >= 15 is 0 Å². The topological polar surface area (TPSA) is 98.7 Å². The van der Waals surface area contributed by atoms with Crippen LogP contribution in [0.2, 0.25) is 0 Å². The van der Waals surface area contributed by atoms with E-state index in [2.05, 4.69) is 25.5 Å². The fourth-order valence-corrected chi connectivity index (χ4v) is 2.77. The Morgan fingerprint density at radius 1 is 1.17 bits per heavy atom. The van der Waals surface area contributed by atoms with Crippen molar-refractivity contribution in [3.63, 3.8) is 0 Å². The summed E-state index contributed by atoms with van der Waals surface area (Å²) in [7, 11) is 0. The molecule has 2 heterocycles. The first-order valence-corrected chi connectivity index (χ1v) is 8.95. The summed E-state index contributed by atoms with van der Waals surface area (Å²) in [6, 6.07) is 13.3. The molecule has 0 aliphatic heterocycles. The van der Waals surface area contributed by atoms with Crippen molar-refractivity contribution in [2.75, 3.05) is 5.32 Å². The lowest BCUT2D eigenvalue weighted by molar-refractivity contribution is -0.116. The van der Waals surface area contributed by atoms with Crippen LogP contribution in [0, 0.1) is 5.82 Å². The van der Waals surface area contributed by atoms with E-state index in [-0.39, 0.29) is 18.1 Å². The first-order chi connectivity index (χ1) is 14.2. The molecule has 0 unspecified atom stereocenters. The molecule has 1 amide bonds. The summed E-state index contributed by atoms with van der Waals surface area (Å²) in [5.74, 6) is 0.213. The molecule has 2 aromatic heterocycles. The van der Waals surface area contributed by atoms with Crippen LogP contribution in [0.25, 0.3) is 11.4 Å². The number of halogens is 1. The van der Waals surface area contributed by atoms with Crippen LogP contribution in [-0.2, 0) is 17.8 Å². The molecular weight excluding hydrogens is 375 g/mol. The van der Waals surface area contributed by atoms with E-state index in [1.54, 1.807) is 23.1 Å². The zero-order chi connectivity index (χ0) is 20.1. The Balaban J connectivity index is 1.32. The van der Waals surface area contributed by atoms with Gasteiger partial charge in [0.2, 0.25) is 17.6 Å². The number of hydrogen-bond donors (Lipinski definition) is 1. The van der Waals surface area contributed by atoms with Crippen molar-refractivity contribution in [2.24, 2.45) is 0 Å². The van der Waals surface area contributed by atoms with Gasteiger partial charge in [0.1, 0.15) is 18.5 Å². The number of nitrogens with zero attached hydrogens (tertiary/aromatic N) is 5. The Morgan fingerprint density at radius 3 is 2.83 bits per heavy atom. The normalized spacial score (nSPS) is 10.8. The number of aromatic nitrogens is 5. The standard InChI is InChI=1S/C20H17FN6O2/c21-16-6-4-15(5-7-16)20-25-19(29-26-20)9-8-18(28)24-17-3-1-2-14(10-17)11-27-13-22-12-23-27/h1-7,10,12-13H,8-9,11H2,(H,24,28). The summed E-state index contributed by atoms with van der Waals surface area (Å²) in [6.45, 7) is 0.567. The molecule has 9 heteroatoms. The molecule has 1 N–H and O–H groups in total. The highest BCUT2D eigenvalue weighted by Gasteiger charge is 2.11. The molecule has 0 saturated heterocycles. The van der Waals surface area contributed by atoms with Crippen molar-refractivity contribution in [1.82, 2.24) is 24.9 Å². The highest BCUT2D eigenvalue weighted by atomic mass is 19.1. The lowest BCUT2D eigenvalue weighted by atomic mass is 10.2. The zero-order valence-corrected chi connectivity index (χ0v) is 15.3. The van der Waals surface area contributed by atoms with Gasteiger partial charge in [0.25, 0.3) is 0 Å². The number of amides is 1. The average Bonchev–Trinajstić information content (AvgIpc) is 3.39. The first-order valence-electron chi connectivity index (χ1n) is 8.95. The molecule has 0 spiro atoms. The van der Waals surface area contributed by atoms with E-state index in [9.17, 15) is 9.18 Å². The number of nitrogens with one attached hydrogen (secondary N) is 1. The third kappa shape index (κ3) is 4.89. The molecule has 0 radical (unpaired) electrons. The Labute approximate surface area is 165 Å². The quantitative estimate of drug-likeness (QED) is 0.519. The van der Waals surface area contributed by atoms with Gasteiger partial charge in [-0.05, 0) is 42.0 Å². The largest absolute Gasteiger partial charge is 0.339 e. The van der Waals surface area contributed by atoms with Crippen LogP contribution in [0.1, 0.15) is 17.9 Å². The molecule has 8 nitrogen and oxygen atoms in total. The molecular formula is C20H17FN6O2. The van der Waals surface area contributed by atoms with Crippen LogP contribution in [0.3, 0.4) is 0 Å². The predicted molar refractivity (Wildman–Crippen MR) is 102 cm³/mol. The van der Waals surface area contributed by atoms with Crippen molar-refractivity contribution in [1.29, 1.82) is 0 Å². The Kier molecular flexibility index (Phi) is 5.37. The summed E-state index contributed by atoms with van der Waals surface area (Å²) in [6.07, 6.45) is 3.61. The maximum Gasteiger partial charge on any atom is 0.227 e. The number of carbonyl (C=O) groups is 1. The second kappa shape index (κ2) is 8.42. The van der Waals surface area contributed by atoms with Gasteiger partial charge in [-0.2, -0.15) is 10.1 Å². The molecule has 0 atom stereocenters. The van der Waals surface area contributed by atoms with Crippen molar-refractivity contribution in [3.8, 4) is 11.4 Å². The number of rotatable bonds is 7. The van der Waals surface area contributed by atoms with Gasteiger partial charge in [0.15, 0.2) is 0 Å². The highest BCUT2D eigenvalue weighted by Crippen LogP contribution is 2.17. The Morgan fingerprint density at radius 2 is 2.03 bits per heavy atom. The van der Waals surface area contributed by atoms with E-state index in [1.165, 1.54) is 18.5 Å². The van der Waals surface area contributed by atoms with Gasteiger partial charge in [0, 0.05) is 24.1 Å². The molecule has 29 heavy (non-hydrogen) atoms. The molecule has 0 aliphatic carbocycles. The van der Waals surface area contributed by atoms with Gasteiger partial charge in [-0.1, -0.05) is 17.3 Å². The predicted octanol–water partition coefficient (Wildman–Crippen LogP) is 3.09. The van der Waals surface area contributed by atoms with Crippen LogP contribution < -0.4 is 5.32 Å². The van der Waals surface area contributed by atoms with Gasteiger partial charge in [-0.15, -0.1) is 0 Å². The minimum absolute atomic E-state index is 0.163. The molecule has 2 aromatic carbocycles. The van der Waals surface area contributed by atoms with Gasteiger partial charge in [0.05, 0.1) is 6.54 Å². The number of carbonyl (C=O) groups excluding carboxylic acids is 1. The molecule has 0 saturated carbocycles. The van der Waals surface area contributed by atoms with E-state index in [0.29, 0.717) is 35.9 Å². The summed E-state index contributed by atoms with van der Waals surface area (Å²) in [4.78, 5) is 20.4. The SMILES string of the molecule is O=C(CCc1nc(-c2ccc(F)cc2)no1)Nc1cccc(Cn2cncn2)c1. The first kappa shape index (κ1) is 18.5. The van der Waals surface area contributed by atoms with Gasteiger partial charge in [-0.3, -0.25) is 4.79 Å². The minimum atomic E-state index is -0.334. The Hall–Kier alpha value is -3.88. The van der Waals surface area contributed by atoms with Crippen molar-refractivity contribution in [2.45, 2.75) is 19.4 Å². The lowest BCUT2D eigenvalue weighted by Gasteiger charge is -2.07. The smallest absolute Gasteiger partial charge is 0.227 e. The molecule has 4 rings (SSSR count). The number of anilines is 1. The molecule has 0 fully saturated rings. The third-order valence-corrected chi connectivity index (χ3v) is 4.16. The summed E-state index contributed by atoms with van der Waals surface area (Å²) < 4.78 is 19.9. The monoisotopic (exact) mass is 392 g/mol. The second-order valence-corrected chi connectivity index (χ2v) is 6.36. The molecule has 0 bridgehead atoms. The number of aryl methyl sites for hydroxylation is 1. The zero-order valence-electron chi connectivity index (χ0n) is 15.3. The van der Waals surface area contributed by atoms with Crippen LogP contribution in [-0.4, -0.2) is 30.8 Å². The third-order valence-electron chi connectivity index (χ3n) is 4.16. The van der Waals surface area contributed by atoms with Crippen LogP contribution in [0.4, 0.5) is 10.1 Å². The van der Waals surface area contributed by atoms with Crippen molar-refractivity contribution >= 4 is 11.6 Å². The maximum atomic E-state index is 13.0. The van der Waals surface area contributed by atoms with Crippen LogP contribution in [0.5, 0.6) is 0 Å². The molecule has 146 valence electrons. The van der Waals surface area contributed by atoms with E-state index < -0.39 is 0 Å². The average molecular weight is 392 g/mol. The molecule has 4 aromatic rings. The van der Waals surface area contributed by atoms with Gasteiger partial charge >= 0.3 is 0 Å². The number of benzene rings is 2. The summed E-state index contributed by atoms with van der Waals surface area (Å²) in [5, 5.41) is 10.8. The summed E-state index contributed by atoms with van der Waals surface area (Å²) in [5.41, 5.74) is 2.34. The lowest BCUT2D eigenvalue weighted by Crippen LogP contribution is -2.12. The number of hydrogen-bond acceptors (Lipinski definition) is 6. The molecule has 0 aliphatic rings. The van der Waals surface area contributed by atoms with Gasteiger partial charge < -0.3 is 9.84 Å². The van der Waals surface area contributed by atoms with Crippen molar-refractivity contribution in [3.05, 3.63) is 78.5 Å². The fraction of sp³-hybridized carbons (Fsp3) is 0.150.